The number of hydrogen-bond acceptors (Lipinski definition) is 1. The van der Waals surface area contributed by atoms with E-state index in [4.69, 9.17) is 0 Å². The average molecular weight is 766 g/mol. The van der Waals surface area contributed by atoms with Crippen LogP contribution in [-0.2, 0) is 5.41 Å². The Labute approximate surface area is 352 Å². The predicted octanol–water partition coefficient (Wildman–Crippen LogP) is 16.4. The summed E-state index contributed by atoms with van der Waals surface area (Å²) in [6.07, 6.45) is 0. The van der Waals surface area contributed by atoms with Crippen molar-refractivity contribution in [2.75, 3.05) is 4.90 Å². The molecule has 10 aromatic carbocycles. The third-order valence-electron chi connectivity index (χ3n) is 12.6. The Kier molecular flexibility index (Phi) is 8.57. The van der Waals surface area contributed by atoms with Crippen LogP contribution >= 0.6 is 0 Å². The van der Waals surface area contributed by atoms with Gasteiger partial charge >= 0.3 is 0 Å². The topological polar surface area (TPSA) is 3.24 Å². The second kappa shape index (κ2) is 14.4. The number of nitrogens with zero attached hydrogens (tertiary/aromatic N) is 1. The molecule has 0 fully saturated rings. The van der Waals surface area contributed by atoms with Gasteiger partial charge in [-0.25, -0.2) is 0 Å². The van der Waals surface area contributed by atoms with Crippen molar-refractivity contribution < 1.29 is 0 Å². The lowest BCUT2D eigenvalue weighted by molar-refractivity contribution is 0.663. The van der Waals surface area contributed by atoms with Gasteiger partial charge in [-0.1, -0.05) is 184 Å². The van der Waals surface area contributed by atoms with Gasteiger partial charge in [0.05, 0.1) is 0 Å². The summed E-state index contributed by atoms with van der Waals surface area (Å²) >= 11 is 0. The van der Waals surface area contributed by atoms with E-state index in [9.17, 15) is 0 Å². The molecule has 0 radical (unpaired) electrons. The van der Waals surface area contributed by atoms with Gasteiger partial charge in [0.1, 0.15) is 0 Å². The molecule has 11 rings (SSSR count). The number of anilines is 3. The maximum absolute atomic E-state index is 2.42. The fourth-order valence-electron chi connectivity index (χ4n) is 9.70. The van der Waals surface area contributed by atoms with Crippen molar-refractivity contribution in [3.63, 3.8) is 0 Å². The molecule has 0 N–H and O–H groups in total. The lowest BCUT2D eigenvalue weighted by atomic mass is 9.77. The van der Waals surface area contributed by atoms with Crippen molar-refractivity contribution in [2.24, 2.45) is 0 Å². The summed E-state index contributed by atoms with van der Waals surface area (Å²) in [5.74, 6) is 0. The number of fused-ring (bicyclic) bond motifs is 5. The molecule has 0 saturated carbocycles. The van der Waals surface area contributed by atoms with E-state index in [0.717, 1.165) is 17.1 Å². The van der Waals surface area contributed by atoms with Crippen molar-refractivity contribution in [1.29, 1.82) is 0 Å². The molecule has 284 valence electrons. The molecular weight excluding hydrogens is 723 g/mol. The highest BCUT2D eigenvalue weighted by atomic mass is 15.1. The molecule has 0 unspecified atom stereocenters. The quantitative estimate of drug-likeness (QED) is 0.156. The summed E-state index contributed by atoms with van der Waals surface area (Å²) in [5.41, 5.74) is 18.5. The molecule has 0 heterocycles. The number of para-hydroxylation sites is 1. The molecule has 0 aromatic heterocycles. The summed E-state index contributed by atoms with van der Waals surface area (Å²) in [5, 5.41) is 5.09. The van der Waals surface area contributed by atoms with Gasteiger partial charge in [0.25, 0.3) is 0 Å². The molecular formula is C59H43N. The molecule has 1 aliphatic rings. The van der Waals surface area contributed by atoms with Crippen LogP contribution in [0.25, 0.3) is 77.2 Å². The molecule has 0 atom stereocenters. The van der Waals surface area contributed by atoms with Crippen LogP contribution in [0, 0.1) is 0 Å². The Hall–Kier alpha value is -7.48. The highest BCUT2D eigenvalue weighted by Crippen LogP contribution is 2.54. The highest BCUT2D eigenvalue weighted by molar-refractivity contribution is 5.99. The Morgan fingerprint density at radius 3 is 1.37 bits per heavy atom. The third-order valence-corrected chi connectivity index (χ3v) is 12.6. The van der Waals surface area contributed by atoms with E-state index in [2.05, 4.69) is 243 Å². The first kappa shape index (κ1) is 35.7. The summed E-state index contributed by atoms with van der Waals surface area (Å²) in [7, 11) is 0. The monoisotopic (exact) mass is 765 g/mol. The van der Waals surface area contributed by atoms with Crippen LogP contribution in [0.2, 0.25) is 0 Å². The van der Waals surface area contributed by atoms with Gasteiger partial charge in [-0.3, -0.25) is 0 Å². The van der Waals surface area contributed by atoms with Gasteiger partial charge in [0.15, 0.2) is 0 Å². The second-order valence-corrected chi connectivity index (χ2v) is 16.5. The van der Waals surface area contributed by atoms with Crippen molar-refractivity contribution >= 4 is 38.6 Å². The minimum atomic E-state index is -0.158. The first-order chi connectivity index (χ1) is 29.5. The summed E-state index contributed by atoms with van der Waals surface area (Å²) in [6, 6.07) is 82.2. The number of benzene rings is 10. The first-order valence-electron chi connectivity index (χ1n) is 20.9. The maximum atomic E-state index is 2.42. The Morgan fingerprint density at radius 2 is 0.717 bits per heavy atom. The van der Waals surface area contributed by atoms with E-state index in [-0.39, 0.29) is 5.41 Å². The van der Waals surface area contributed by atoms with Gasteiger partial charge in [-0.05, 0) is 143 Å². The van der Waals surface area contributed by atoms with Crippen LogP contribution in [0.4, 0.5) is 17.1 Å². The number of hydrogen-bond donors (Lipinski definition) is 0. The van der Waals surface area contributed by atoms with Crippen LogP contribution in [0.15, 0.2) is 224 Å². The summed E-state index contributed by atoms with van der Waals surface area (Å²) < 4.78 is 0. The van der Waals surface area contributed by atoms with Crippen LogP contribution in [0.3, 0.4) is 0 Å². The standard InChI is InChI=1S/C59H43N/c1-59(2)57-39-45-18-9-8-17-44(45)38-56(57)55-26-14-25-54(58(55)59)53-24-13-12-23-52(53)51-22-11-10-21-50(51)42-31-35-49(36-32-42)60(47-19-4-3-5-20-47)48-33-29-41(30-34-48)46-28-27-40-15-6-7-16-43(40)37-46/h3-39H,1-2H3. The molecule has 1 nitrogen and oxygen atoms in total. The minimum absolute atomic E-state index is 0.158. The average Bonchev–Trinajstić information content (AvgIpc) is 3.54. The van der Waals surface area contributed by atoms with Crippen LogP contribution in [-0.4, -0.2) is 0 Å². The first-order valence-corrected chi connectivity index (χ1v) is 20.9. The van der Waals surface area contributed by atoms with E-state index in [1.54, 1.807) is 0 Å². The molecule has 0 saturated heterocycles. The lowest BCUT2D eigenvalue weighted by Gasteiger charge is -2.26. The predicted molar refractivity (Wildman–Crippen MR) is 255 cm³/mol. The van der Waals surface area contributed by atoms with Gasteiger partial charge in [0, 0.05) is 22.5 Å². The smallest absolute Gasteiger partial charge is 0.0462 e. The molecule has 1 aliphatic carbocycles. The van der Waals surface area contributed by atoms with Crippen molar-refractivity contribution in [2.45, 2.75) is 19.3 Å². The SMILES string of the molecule is CC1(C)c2cc3ccccc3cc2-c2cccc(-c3ccccc3-c3ccccc3-c3ccc(N(c4ccccc4)c4ccc(-c5ccc6ccccc6c5)cc4)cc3)c21. The zero-order valence-electron chi connectivity index (χ0n) is 33.8. The van der Waals surface area contributed by atoms with E-state index in [1.807, 2.05) is 0 Å². The highest BCUT2D eigenvalue weighted by Gasteiger charge is 2.38. The fourth-order valence-corrected chi connectivity index (χ4v) is 9.70. The molecule has 1 heteroatoms. The molecule has 60 heavy (non-hydrogen) atoms. The van der Waals surface area contributed by atoms with E-state index >= 15 is 0 Å². The minimum Gasteiger partial charge on any atom is -0.311 e. The molecule has 0 bridgehead atoms. The summed E-state index contributed by atoms with van der Waals surface area (Å²) in [4.78, 5) is 2.34. The zero-order valence-corrected chi connectivity index (χ0v) is 33.8. The molecule has 10 aromatic rings. The van der Waals surface area contributed by atoms with Gasteiger partial charge in [-0.2, -0.15) is 0 Å². The second-order valence-electron chi connectivity index (χ2n) is 16.5. The van der Waals surface area contributed by atoms with E-state index in [1.165, 1.54) is 88.3 Å². The Balaban J connectivity index is 0.964. The van der Waals surface area contributed by atoms with Crippen LogP contribution < -0.4 is 4.90 Å². The largest absolute Gasteiger partial charge is 0.311 e. The third kappa shape index (κ3) is 6.01. The molecule has 0 amide bonds. The van der Waals surface area contributed by atoms with Crippen LogP contribution in [0.1, 0.15) is 25.0 Å². The lowest BCUT2D eigenvalue weighted by Crippen LogP contribution is -2.16. The number of rotatable bonds is 7. The van der Waals surface area contributed by atoms with Gasteiger partial charge in [-0.15, -0.1) is 0 Å². The van der Waals surface area contributed by atoms with Gasteiger partial charge < -0.3 is 4.90 Å². The molecule has 0 aliphatic heterocycles. The molecule has 0 spiro atoms. The van der Waals surface area contributed by atoms with Crippen molar-refractivity contribution in [1.82, 2.24) is 0 Å². The summed E-state index contributed by atoms with van der Waals surface area (Å²) in [6.45, 7) is 4.79. The Morgan fingerprint density at radius 1 is 0.283 bits per heavy atom. The Bertz CT molecular complexity index is 3210. The van der Waals surface area contributed by atoms with E-state index < -0.39 is 0 Å². The van der Waals surface area contributed by atoms with E-state index in [0.29, 0.717) is 0 Å². The van der Waals surface area contributed by atoms with Crippen molar-refractivity contribution in [3.05, 3.63) is 236 Å². The van der Waals surface area contributed by atoms with Crippen molar-refractivity contribution in [3.8, 4) is 55.6 Å². The normalized spacial score (nSPS) is 12.6. The van der Waals surface area contributed by atoms with Gasteiger partial charge in [0.2, 0.25) is 0 Å². The zero-order chi connectivity index (χ0) is 40.2. The fraction of sp³-hybridized carbons (Fsp3) is 0.0508. The van der Waals surface area contributed by atoms with Crippen LogP contribution in [0.5, 0.6) is 0 Å². The maximum Gasteiger partial charge on any atom is 0.0462 e.